The van der Waals surface area contributed by atoms with Gasteiger partial charge in [0.15, 0.2) is 6.61 Å². The van der Waals surface area contributed by atoms with Crippen molar-refractivity contribution < 1.29 is 18.7 Å². The third kappa shape index (κ3) is 4.29. The fraction of sp³-hybridized carbons (Fsp3) is 0.250. The molecule has 0 fully saturated rings. The summed E-state index contributed by atoms with van der Waals surface area (Å²) in [6.45, 7) is 0.190. The lowest BCUT2D eigenvalue weighted by Crippen LogP contribution is -2.02. The Bertz CT molecular complexity index is 530. The standard InChI is InChI=1S/C12H12N2O4S/c1-16-11(15)8-19-12-14-13-10(18-12)7-17-9-5-3-2-4-6-9/h2-6H,7-8H2,1H3. The summed E-state index contributed by atoms with van der Waals surface area (Å²) in [5.41, 5.74) is 0. The van der Waals surface area contributed by atoms with Gasteiger partial charge >= 0.3 is 5.97 Å². The highest BCUT2D eigenvalue weighted by molar-refractivity contribution is 7.99. The van der Waals surface area contributed by atoms with Gasteiger partial charge < -0.3 is 13.9 Å². The van der Waals surface area contributed by atoms with E-state index in [2.05, 4.69) is 14.9 Å². The lowest BCUT2D eigenvalue weighted by molar-refractivity contribution is -0.137. The van der Waals surface area contributed by atoms with E-state index in [-0.39, 0.29) is 18.3 Å². The van der Waals surface area contributed by atoms with Crippen LogP contribution in [0.4, 0.5) is 0 Å². The van der Waals surface area contributed by atoms with E-state index in [0.717, 1.165) is 17.5 Å². The number of aromatic nitrogens is 2. The van der Waals surface area contributed by atoms with Gasteiger partial charge in [0.05, 0.1) is 7.11 Å². The van der Waals surface area contributed by atoms with Crippen molar-refractivity contribution in [2.24, 2.45) is 0 Å². The average molecular weight is 280 g/mol. The lowest BCUT2D eigenvalue weighted by atomic mass is 10.3. The molecule has 1 aromatic carbocycles. The van der Waals surface area contributed by atoms with Crippen LogP contribution in [0.25, 0.3) is 0 Å². The largest absolute Gasteiger partial charge is 0.484 e. The van der Waals surface area contributed by atoms with Crippen LogP contribution in [0.15, 0.2) is 40.0 Å². The van der Waals surface area contributed by atoms with E-state index < -0.39 is 0 Å². The second kappa shape index (κ2) is 6.79. The topological polar surface area (TPSA) is 74.5 Å². The maximum Gasteiger partial charge on any atom is 0.316 e. The summed E-state index contributed by atoms with van der Waals surface area (Å²) in [6, 6.07) is 9.33. The zero-order chi connectivity index (χ0) is 13.5. The van der Waals surface area contributed by atoms with Gasteiger partial charge in [0.25, 0.3) is 11.1 Å². The number of nitrogens with zero attached hydrogens (tertiary/aromatic N) is 2. The molecule has 1 aromatic heterocycles. The normalized spacial score (nSPS) is 10.2. The Kier molecular flexibility index (Phi) is 4.79. The van der Waals surface area contributed by atoms with E-state index in [9.17, 15) is 4.79 Å². The number of methoxy groups -OCH3 is 1. The Morgan fingerprint density at radius 3 is 2.84 bits per heavy atom. The van der Waals surface area contributed by atoms with Crippen LogP contribution < -0.4 is 4.74 Å². The molecule has 0 saturated carbocycles. The van der Waals surface area contributed by atoms with E-state index in [0.29, 0.717) is 11.1 Å². The van der Waals surface area contributed by atoms with Crippen molar-refractivity contribution in [2.75, 3.05) is 12.9 Å². The van der Waals surface area contributed by atoms with E-state index in [1.54, 1.807) is 0 Å². The van der Waals surface area contributed by atoms with Gasteiger partial charge in [-0.1, -0.05) is 30.0 Å². The second-order valence-electron chi connectivity index (χ2n) is 3.43. The summed E-state index contributed by atoms with van der Waals surface area (Å²) in [7, 11) is 1.33. The second-order valence-corrected chi connectivity index (χ2v) is 4.35. The molecule has 100 valence electrons. The monoisotopic (exact) mass is 280 g/mol. The van der Waals surface area contributed by atoms with Crippen molar-refractivity contribution in [1.29, 1.82) is 0 Å². The van der Waals surface area contributed by atoms with Crippen LogP contribution in [0.1, 0.15) is 5.89 Å². The van der Waals surface area contributed by atoms with Crippen molar-refractivity contribution in [3.8, 4) is 5.75 Å². The number of hydrogen-bond donors (Lipinski definition) is 0. The minimum absolute atomic E-state index is 0.137. The summed E-state index contributed by atoms with van der Waals surface area (Å²) in [5.74, 6) is 0.878. The van der Waals surface area contributed by atoms with E-state index >= 15 is 0 Å². The molecule has 0 bridgehead atoms. The fourth-order valence-electron chi connectivity index (χ4n) is 1.20. The van der Waals surface area contributed by atoms with Crippen LogP contribution in [-0.4, -0.2) is 29.0 Å². The predicted octanol–water partition coefficient (Wildman–Crippen LogP) is 1.91. The molecule has 1 heterocycles. The van der Waals surface area contributed by atoms with E-state index in [4.69, 9.17) is 9.15 Å². The molecular weight excluding hydrogens is 268 g/mol. The zero-order valence-corrected chi connectivity index (χ0v) is 11.1. The molecule has 0 saturated heterocycles. The number of hydrogen-bond acceptors (Lipinski definition) is 7. The maximum atomic E-state index is 10.9. The molecule has 0 unspecified atom stereocenters. The van der Waals surface area contributed by atoms with Gasteiger partial charge in [-0.3, -0.25) is 4.79 Å². The maximum absolute atomic E-state index is 10.9. The number of para-hydroxylation sites is 1. The first-order valence-electron chi connectivity index (χ1n) is 5.48. The number of benzene rings is 1. The molecule has 2 aromatic rings. The molecule has 2 rings (SSSR count). The first-order chi connectivity index (χ1) is 9.28. The average Bonchev–Trinajstić information content (AvgIpc) is 2.91. The lowest BCUT2D eigenvalue weighted by Gasteiger charge is -2.01. The number of rotatable bonds is 6. The SMILES string of the molecule is COC(=O)CSc1nnc(COc2ccccc2)o1. The van der Waals surface area contributed by atoms with Gasteiger partial charge in [-0.05, 0) is 12.1 Å². The minimum Gasteiger partial charge on any atom is -0.484 e. The minimum atomic E-state index is -0.342. The summed E-state index contributed by atoms with van der Waals surface area (Å²) in [6.07, 6.45) is 0. The van der Waals surface area contributed by atoms with Gasteiger partial charge in [0, 0.05) is 0 Å². The van der Waals surface area contributed by atoms with Crippen molar-refractivity contribution >= 4 is 17.7 Å². The number of thioether (sulfide) groups is 1. The van der Waals surface area contributed by atoms with Gasteiger partial charge in [0.2, 0.25) is 0 Å². The van der Waals surface area contributed by atoms with Gasteiger partial charge in [-0.2, -0.15) is 0 Å². The summed E-state index contributed by atoms with van der Waals surface area (Å²) < 4.78 is 15.3. The summed E-state index contributed by atoms with van der Waals surface area (Å²) in [5, 5.41) is 7.93. The van der Waals surface area contributed by atoms with Crippen LogP contribution in [0.2, 0.25) is 0 Å². The van der Waals surface area contributed by atoms with Crippen LogP contribution in [-0.2, 0) is 16.1 Å². The summed E-state index contributed by atoms with van der Waals surface area (Å²) >= 11 is 1.13. The van der Waals surface area contributed by atoms with Crippen LogP contribution >= 0.6 is 11.8 Å². The predicted molar refractivity (Wildman–Crippen MR) is 67.8 cm³/mol. The molecule has 0 radical (unpaired) electrons. The molecule has 0 N–H and O–H groups in total. The van der Waals surface area contributed by atoms with Crippen molar-refractivity contribution in [1.82, 2.24) is 10.2 Å². The summed E-state index contributed by atoms with van der Waals surface area (Å²) in [4.78, 5) is 10.9. The number of carbonyl (C=O) groups excluding carboxylic acids is 1. The molecule has 19 heavy (non-hydrogen) atoms. The smallest absolute Gasteiger partial charge is 0.316 e. The Morgan fingerprint density at radius 2 is 2.11 bits per heavy atom. The number of carbonyl (C=O) groups is 1. The first kappa shape index (κ1) is 13.4. The third-order valence-electron chi connectivity index (χ3n) is 2.09. The molecule has 0 atom stereocenters. The van der Waals surface area contributed by atoms with Gasteiger partial charge in [-0.15, -0.1) is 10.2 Å². The highest BCUT2D eigenvalue weighted by Crippen LogP contribution is 2.17. The van der Waals surface area contributed by atoms with Crippen LogP contribution in [0, 0.1) is 0 Å². The first-order valence-corrected chi connectivity index (χ1v) is 6.46. The van der Waals surface area contributed by atoms with Crippen molar-refractivity contribution in [3.05, 3.63) is 36.2 Å². The quantitative estimate of drug-likeness (QED) is 0.591. The van der Waals surface area contributed by atoms with Gasteiger partial charge in [-0.25, -0.2) is 0 Å². The number of ether oxygens (including phenoxy) is 2. The molecule has 6 nitrogen and oxygen atoms in total. The Hall–Kier alpha value is -2.02. The van der Waals surface area contributed by atoms with Crippen LogP contribution in [0.3, 0.4) is 0 Å². The molecule has 0 aliphatic rings. The molecule has 0 aliphatic heterocycles. The molecule has 0 aliphatic carbocycles. The Morgan fingerprint density at radius 1 is 1.32 bits per heavy atom. The molecule has 0 amide bonds. The van der Waals surface area contributed by atoms with E-state index in [1.807, 2.05) is 30.3 Å². The third-order valence-corrected chi connectivity index (χ3v) is 2.89. The fourth-order valence-corrected chi connectivity index (χ4v) is 1.81. The van der Waals surface area contributed by atoms with Crippen LogP contribution in [0.5, 0.6) is 5.75 Å². The highest BCUT2D eigenvalue weighted by Gasteiger charge is 2.10. The molecule has 7 heteroatoms. The zero-order valence-electron chi connectivity index (χ0n) is 10.2. The van der Waals surface area contributed by atoms with E-state index in [1.165, 1.54) is 7.11 Å². The van der Waals surface area contributed by atoms with Crippen molar-refractivity contribution in [3.63, 3.8) is 0 Å². The number of esters is 1. The Balaban J connectivity index is 1.82. The molecular formula is C12H12N2O4S. The highest BCUT2D eigenvalue weighted by atomic mass is 32.2. The molecule has 0 spiro atoms. The van der Waals surface area contributed by atoms with Crippen molar-refractivity contribution in [2.45, 2.75) is 11.8 Å². The Labute approximate surface area is 114 Å². The van der Waals surface area contributed by atoms with Gasteiger partial charge in [0.1, 0.15) is 11.5 Å².